The molecule has 0 aliphatic heterocycles. The zero-order valence-electron chi connectivity index (χ0n) is 13.1. The lowest BCUT2D eigenvalue weighted by Gasteiger charge is -2.13. The highest BCUT2D eigenvalue weighted by Crippen LogP contribution is 2.22. The fourth-order valence-corrected chi connectivity index (χ4v) is 1.81. The van der Waals surface area contributed by atoms with Crippen molar-refractivity contribution in [2.45, 2.75) is 53.2 Å². The van der Waals surface area contributed by atoms with Crippen molar-refractivity contribution in [1.29, 1.82) is 0 Å². The normalized spacial score (nSPS) is 10.9. The quantitative estimate of drug-likeness (QED) is 0.805. The van der Waals surface area contributed by atoms with Gasteiger partial charge in [-0.25, -0.2) is 0 Å². The van der Waals surface area contributed by atoms with E-state index in [9.17, 15) is 4.79 Å². The third-order valence-electron chi connectivity index (χ3n) is 2.75. The van der Waals surface area contributed by atoms with Gasteiger partial charge in [-0.15, -0.1) is 0 Å². The van der Waals surface area contributed by atoms with Crippen LogP contribution in [-0.4, -0.2) is 24.6 Å². The molecule has 1 aromatic carbocycles. The Bertz CT molecular complexity index is 442. The molecule has 0 radical (unpaired) electrons. The molecule has 0 saturated carbocycles. The lowest BCUT2D eigenvalue weighted by Crippen LogP contribution is -2.27. The first-order valence-corrected chi connectivity index (χ1v) is 7.19. The van der Waals surface area contributed by atoms with Gasteiger partial charge in [-0.05, 0) is 44.5 Å². The number of rotatable bonds is 7. The van der Waals surface area contributed by atoms with Crippen LogP contribution in [0.1, 0.15) is 39.7 Å². The zero-order valence-corrected chi connectivity index (χ0v) is 13.1. The summed E-state index contributed by atoms with van der Waals surface area (Å²) in [5.41, 5.74) is 1.85. The van der Waals surface area contributed by atoms with Crippen molar-refractivity contribution >= 4 is 11.6 Å². The lowest BCUT2D eigenvalue weighted by atomic mass is 10.2. The number of carbonyl (C=O) groups is 1. The molecule has 4 heteroatoms. The SMILES string of the molecule is Cc1cc(OC(C)C)ccc1NC(=O)CCNC(C)C. The topological polar surface area (TPSA) is 50.4 Å². The summed E-state index contributed by atoms with van der Waals surface area (Å²) in [6.45, 7) is 10.8. The second-order valence-electron chi connectivity index (χ2n) is 5.55. The molecule has 1 aromatic rings. The molecule has 20 heavy (non-hydrogen) atoms. The van der Waals surface area contributed by atoms with Gasteiger partial charge in [-0.2, -0.15) is 0 Å². The molecule has 0 aliphatic rings. The zero-order chi connectivity index (χ0) is 15.1. The summed E-state index contributed by atoms with van der Waals surface area (Å²) in [7, 11) is 0. The number of carbonyl (C=O) groups excluding carboxylic acids is 1. The Morgan fingerprint density at radius 2 is 1.95 bits per heavy atom. The number of amides is 1. The second kappa shape index (κ2) is 7.90. The summed E-state index contributed by atoms with van der Waals surface area (Å²) in [6.07, 6.45) is 0.624. The number of aryl methyl sites for hydroxylation is 1. The number of anilines is 1. The third-order valence-corrected chi connectivity index (χ3v) is 2.75. The van der Waals surface area contributed by atoms with Crippen LogP contribution in [0.4, 0.5) is 5.69 Å². The Labute approximate surface area is 121 Å². The Balaban J connectivity index is 2.53. The summed E-state index contributed by atoms with van der Waals surface area (Å²) in [4.78, 5) is 11.8. The highest BCUT2D eigenvalue weighted by atomic mass is 16.5. The van der Waals surface area contributed by atoms with E-state index in [0.29, 0.717) is 19.0 Å². The molecule has 0 fully saturated rings. The van der Waals surface area contributed by atoms with E-state index in [1.165, 1.54) is 0 Å². The van der Waals surface area contributed by atoms with Gasteiger partial charge in [0.15, 0.2) is 0 Å². The molecule has 0 spiro atoms. The minimum Gasteiger partial charge on any atom is -0.491 e. The molecule has 4 nitrogen and oxygen atoms in total. The average Bonchev–Trinajstić information content (AvgIpc) is 2.31. The van der Waals surface area contributed by atoms with Crippen molar-refractivity contribution < 1.29 is 9.53 Å². The maximum Gasteiger partial charge on any atom is 0.225 e. The summed E-state index contributed by atoms with van der Waals surface area (Å²) in [5.74, 6) is 0.857. The molecule has 0 atom stereocenters. The first kappa shape index (κ1) is 16.5. The van der Waals surface area contributed by atoms with Gasteiger partial charge < -0.3 is 15.4 Å². The van der Waals surface area contributed by atoms with Crippen molar-refractivity contribution in [3.63, 3.8) is 0 Å². The molecular formula is C16H26N2O2. The Morgan fingerprint density at radius 3 is 2.50 bits per heavy atom. The van der Waals surface area contributed by atoms with Crippen LogP contribution in [0.2, 0.25) is 0 Å². The average molecular weight is 278 g/mol. The van der Waals surface area contributed by atoms with Gasteiger partial charge in [0.25, 0.3) is 0 Å². The van der Waals surface area contributed by atoms with Crippen molar-refractivity contribution in [1.82, 2.24) is 5.32 Å². The number of hydrogen-bond acceptors (Lipinski definition) is 3. The van der Waals surface area contributed by atoms with Crippen LogP contribution >= 0.6 is 0 Å². The third kappa shape index (κ3) is 6.06. The Morgan fingerprint density at radius 1 is 1.25 bits per heavy atom. The summed E-state index contributed by atoms with van der Waals surface area (Å²) in [6, 6.07) is 6.12. The first-order valence-electron chi connectivity index (χ1n) is 7.19. The number of benzene rings is 1. The van der Waals surface area contributed by atoms with Crippen LogP contribution in [-0.2, 0) is 4.79 Å². The fraction of sp³-hybridized carbons (Fsp3) is 0.562. The smallest absolute Gasteiger partial charge is 0.225 e. The largest absolute Gasteiger partial charge is 0.491 e. The Kier molecular flexibility index (Phi) is 6.52. The summed E-state index contributed by atoms with van der Waals surface area (Å²) < 4.78 is 5.62. The van der Waals surface area contributed by atoms with E-state index < -0.39 is 0 Å². The molecule has 0 heterocycles. The van der Waals surface area contributed by atoms with Gasteiger partial charge >= 0.3 is 0 Å². The maximum atomic E-state index is 11.8. The highest BCUT2D eigenvalue weighted by molar-refractivity contribution is 5.91. The van der Waals surface area contributed by atoms with Crippen LogP contribution in [0, 0.1) is 6.92 Å². The molecule has 2 N–H and O–H groups in total. The molecule has 1 amide bonds. The molecule has 1 rings (SSSR count). The molecule has 0 unspecified atom stereocenters. The van der Waals surface area contributed by atoms with E-state index in [-0.39, 0.29) is 12.0 Å². The van der Waals surface area contributed by atoms with Crippen molar-refractivity contribution in [2.75, 3.05) is 11.9 Å². The van der Waals surface area contributed by atoms with E-state index in [1.54, 1.807) is 0 Å². The summed E-state index contributed by atoms with van der Waals surface area (Å²) >= 11 is 0. The first-order chi connectivity index (χ1) is 9.38. The second-order valence-corrected chi connectivity index (χ2v) is 5.55. The molecule has 0 aromatic heterocycles. The molecule has 0 saturated heterocycles. The van der Waals surface area contributed by atoms with E-state index in [0.717, 1.165) is 17.0 Å². The van der Waals surface area contributed by atoms with Crippen LogP contribution < -0.4 is 15.4 Å². The standard InChI is InChI=1S/C16H26N2O2/c1-11(2)17-9-8-16(19)18-15-7-6-14(10-13(15)5)20-12(3)4/h6-7,10-12,17H,8-9H2,1-5H3,(H,18,19). The molecule has 0 bridgehead atoms. The van der Waals surface area contributed by atoms with Gasteiger partial charge in [0.2, 0.25) is 5.91 Å². The van der Waals surface area contributed by atoms with E-state index in [1.807, 2.05) is 39.0 Å². The lowest BCUT2D eigenvalue weighted by molar-refractivity contribution is -0.116. The predicted molar refractivity (Wildman–Crippen MR) is 83.3 cm³/mol. The number of nitrogens with one attached hydrogen (secondary N) is 2. The maximum absolute atomic E-state index is 11.8. The summed E-state index contributed by atoms with van der Waals surface area (Å²) in [5, 5.41) is 6.16. The van der Waals surface area contributed by atoms with E-state index >= 15 is 0 Å². The van der Waals surface area contributed by atoms with Crippen molar-refractivity contribution in [3.05, 3.63) is 23.8 Å². The van der Waals surface area contributed by atoms with E-state index in [2.05, 4.69) is 24.5 Å². The van der Waals surface area contributed by atoms with Crippen LogP contribution in [0.25, 0.3) is 0 Å². The van der Waals surface area contributed by atoms with Gasteiger partial charge in [0, 0.05) is 24.7 Å². The van der Waals surface area contributed by atoms with Crippen molar-refractivity contribution in [2.24, 2.45) is 0 Å². The van der Waals surface area contributed by atoms with Crippen LogP contribution in [0.3, 0.4) is 0 Å². The van der Waals surface area contributed by atoms with Crippen LogP contribution in [0.15, 0.2) is 18.2 Å². The molecule has 112 valence electrons. The fourth-order valence-electron chi connectivity index (χ4n) is 1.81. The van der Waals surface area contributed by atoms with Gasteiger partial charge in [-0.3, -0.25) is 4.79 Å². The van der Waals surface area contributed by atoms with Gasteiger partial charge in [-0.1, -0.05) is 13.8 Å². The molecule has 0 aliphatic carbocycles. The highest BCUT2D eigenvalue weighted by Gasteiger charge is 2.07. The minimum absolute atomic E-state index is 0.0266. The molecular weight excluding hydrogens is 252 g/mol. The van der Waals surface area contributed by atoms with Crippen molar-refractivity contribution in [3.8, 4) is 5.75 Å². The van der Waals surface area contributed by atoms with E-state index in [4.69, 9.17) is 4.74 Å². The van der Waals surface area contributed by atoms with Crippen LogP contribution in [0.5, 0.6) is 5.75 Å². The Hall–Kier alpha value is -1.55. The number of ether oxygens (including phenoxy) is 1. The predicted octanol–water partition coefficient (Wildman–Crippen LogP) is 3.11. The number of hydrogen-bond donors (Lipinski definition) is 2. The van der Waals surface area contributed by atoms with Gasteiger partial charge in [0.05, 0.1) is 6.10 Å². The van der Waals surface area contributed by atoms with Gasteiger partial charge in [0.1, 0.15) is 5.75 Å². The monoisotopic (exact) mass is 278 g/mol. The minimum atomic E-state index is 0.0266.